The molecule has 0 bridgehead atoms. The van der Waals surface area contributed by atoms with Crippen LogP contribution in [0.1, 0.15) is 19.3 Å². The summed E-state index contributed by atoms with van der Waals surface area (Å²) >= 11 is 0. The number of likely N-dealkylation sites (tertiary alicyclic amines) is 1. The molecule has 0 amide bonds. The van der Waals surface area contributed by atoms with Gasteiger partial charge in [0.15, 0.2) is 0 Å². The third kappa shape index (κ3) is 4.24. The molecular formula is C9H17NO3. The summed E-state index contributed by atoms with van der Waals surface area (Å²) in [6.07, 6.45) is 2.48. The van der Waals surface area contributed by atoms with Crippen LogP contribution in [0.2, 0.25) is 0 Å². The SMILES string of the molecule is C[NH+]1CCC[C@@H](OCCC(=O)[O-])C1. The van der Waals surface area contributed by atoms with Crippen LogP contribution in [0, 0.1) is 0 Å². The summed E-state index contributed by atoms with van der Waals surface area (Å²) in [5.74, 6) is -1.03. The van der Waals surface area contributed by atoms with Crippen molar-refractivity contribution < 1.29 is 19.5 Å². The second-order valence-electron chi connectivity index (χ2n) is 3.67. The van der Waals surface area contributed by atoms with Gasteiger partial charge in [0.2, 0.25) is 0 Å². The zero-order valence-corrected chi connectivity index (χ0v) is 8.04. The Morgan fingerprint density at radius 1 is 1.69 bits per heavy atom. The Labute approximate surface area is 78.5 Å². The van der Waals surface area contributed by atoms with Gasteiger partial charge in [-0.15, -0.1) is 0 Å². The average Bonchev–Trinajstić information content (AvgIpc) is 2.03. The molecule has 1 saturated heterocycles. The molecule has 1 aliphatic rings. The summed E-state index contributed by atoms with van der Waals surface area (Å²) < 4.78 is 5.42. The number of rotatable bonds is 4. The average molecular weight is 187 g/mol. The van der Waals surface area contributed by atoms with Crippen LogP contribution >= 0.6 is 0 Å². The molecule has 0 saturated carbocycles. The molecule has 76 valence electrons. The minimum atomic E-state index is -1.03. The van der Waals surface area contributed by atoms with Gasteiger partial charge in [0.1, 0.15) is 12.6 Å². The Morgan fingerprint density at radius 3 is 3.08 bits per heavy atom. The number of piperidine rings is 1. The second kappa shape index (κ2) is 5.19. The van der Waals surface area contributed by atoms with Crippen molar-refractivity contribution in [3.8, 4) is 0 Å². The van der Waals surface area contributed by atoms with E-state index in [1.54, 1.807) is 0 Å². The van der Waals surface area contributed by atoms with Crippen LogP contribution in [0.25, 0.3) is 0 Å². The van der Waals surface area contributed by atoms with Crippen molar-refractivity contribution >= 4 is 5.97 Å². The van der Waals surface area contributed by atoms with E-state index >= 15 is 0 Å². The molecule has 1 N–H and O–H groups in total. The Morgan fingerprint density at radius 2 is 2.46 bits per heavy atom. The van der Waals surface area contributed by atoms with E-state index < -0.39 is 5.97 Å². The van der Waals surface area contributed by atoms with Gasteiger partial charge in [-0.1, -0.05) is 0 Å². The fourth-order valence-corrected chi connectivity index (χ4v) is 1.68. The third-order valence-electron chi connectivity index (χ3n) is 2.37. The summed E-state index contributed by atoms with van der Waals surface area (Å²) in [5.41, 5.74) is 0. The van der Waals surface area contributed by atoms with Crippen LogP contribution in [0.3, 0.4) is 0 Å². The third-order valence-corrected chi connectivity index (χ3v) is 2.37. The molecule has 4 heteroatoms. The molecule has 1 fully saturated rings. The first kappa shape index (κ1) is 10.5. The molecule has 13 heavy (non-hydrogen) atoms. The number of quaternary nitrogens is 1. The van der Waals surface area contributed by atoms with Gasteiger partial charge >= 0.3 is 0 Å². The normalized spacial score (nSPS) is 28.7. The maximum atomic E-state index is 10.1. The van der Waals surface area contributed by atoms with Crippen LogP contribution < -0.4 is 10.0 Å². The van der Waals surface area contributed by atoms with E-state index in [0.717, 1.165) is 13.0 Å². The summed E-state index contributed by atoms with van der Waals surface area (Å²) in [6, 6.07) is 0. The fraction of sp³-hybridized carbons (Fsp3) is 0.889. The van der Waals surface area contributed by atoms with E-state index in [-0.39, 0.29) is 12.5 Å². The Hall–Kier alpha value is -0.610. The number of carbonyl (C=O) groups is 1. The van der Waals surface area contributed by atoms with Gasteiger partial charge in [-0.05, 0) is 12.8 Å². The Bertz CT molecular complexity index is 172. The summed E-state index contributed by atoms with van der Waals surface area (Å²) in [5, 5.41) is 10.1. The van der Waals surface area contributed by atoms with E-state index in [1.807, 2.05) is 0 Å². The van der Waals surface area contributed by atoms with E-state index in [2.05, 4.69) is 7.05 Å². The van der Waals surface area contributed by atoms with Gasteiger partial charge < -0.3 is 19.5 Å². The van der Waals surface area contributed by atoms with Gasteiger partial charge in [0, 0.05) is 12.4 Å². The van der Waals surface area contributed by atoms with Crippen molar-refractivity contribution in [2.45, 2.75) is 25.4 Å². The summed E-state index contributed by atoms with van der Waals surface area (Å²) in [6.45, 7) is 2.48. The number of carboxylic acids is 1. The first-order chi connectivity index (χ1) is 6.18. The molecule has 0 aliphatic carbocycles. The van der Waals surface area contributed by atoms with Crippen LogP contribution in [-0.4, -0.2) is 38.8 Å². The van der Waals surface area contributed by atoms with Crippen LogP contribution in [0.4, 0.5) is 0 Å². The molecule has 2 atom stereocenters. The van der Waals surface area contributed by atoms with E-state index in [0.29, 0.717) is 6.61 Å². The summed E-state index contributed by atoms with van der Waals surface area (Å²) in [7, 11) is 2.13. The number of likely N-dealkylation sites (N-methyl/N-ethyl adjacent to an activating group) is 1. The van der Waals surface area contributed by atoms with Gasteiger partial charge in [0.25, 0.3) is 0 Å². The van der Waals surface area contributed by atoms with Crippen LogP contribution in [0.5, 0.6) is 0 Å². The van der Waals surface area contributed by atoms with Crippen LogP contribution in [-0.2, 0) is 9.53 Å². The topological polar surface area (TPSA) is 53.8 Å². The molecular weight excluding hydrogens is 170 g/mol. The molecule has 1 heterocycles. The lowest BCUT2D eigenvalue weighted by Crippen LogP contribution is -3.11. The highest BCUT2D eigenvalue weighted by atomic mass is 16.5. The molecule has 0 radical (unpaired) electrons. The highest BCUT2D eigenvalue weighted by molar-refractivity contribution is 5.64. The molecule has 1 aliphatic heterocycles. The van der Waals surface area contributed by atoms with Crippen molar-refractivity contribution in [3.05, 3.63) is 0 Å². The smallest absolute Gasteiger partial charge is 0.107 e. The van der Waals surface area contributed by atoms with Crippen molar-refractivity contribution in [1.82, 2.24) is 0 Å². The first-order valence-corrected chi connectivity index (χ1v) is 4.81. The lowest BCUT2D eigenvalue weighted by molar-refractivity contribution is -0.888. The monoisotopic (exact) mass is 187 g/mol. The molecule has 0 spiro atoms. The lowest BCUT2D eigenvalue weighted by atomic mass is 10.1. The number of hydrogen-bond acceptors (Lipinski definition) is 3. The van der Waals surface area contributed by atoms with Gasteiger partial charge in [-0.3, -0.25) is 0 Å². The molecule has 4 nitrogen and oxygen atoms in total. The Balaban J connectivity index is 2.10. The fourth-order valence-electron chi connectivity index (χ4n) is 1.68. The first-order valence-electron chi connectivity index (χ1n) is 4.81. The zero-order chi connectivity index (χ0) is 9.68. The summed E-state index contributed by atoms with van der Waals surface area (Å²) in [4.78, 5) is 11.6. The standard InChI is InChI=1S/C9H17NO3/c1-10-5-2-3-8(7-10)13-6-4-9(11)12/h8H,2-7H2,1H3,(H,11,12)/t8-/m1/s1. The molecule has 0 aromatic rings. The largest absolute Gasteiger partial charge is 0.550 e. The molecule has 0 aromatic carbocycles. The minimum Gasteiger partial charge on any atom is -0.550 e. The highest BCUT2D eigenvalue weighted by Crippen LogP contribution is 2.03. The van der Waals surface area contributed by atoms with Crippen molar-refractivity contribution in [2.75, 3.05) is 26.7 Å². The number of aliphatic carboxylic acids is 1. The molecule has 1 rings (SSSR count). The van der Waals surface area contributed by atoms with E-state index in [9.17, 15) is 9.90 Å². The number of carbonyl (C=O) groups excluding carboxylic acids is 1. The zero-order valence-electron chi connectivity index (χ0n) is 8.04. The maximum absolute atomic E-state index is 10.1. The predicted molar refractivity (Wildman–Crippen MR) is 45.2 cm³/mol. The van der Waals surface area contributed by atoms with E-state index in [1.165, 1.54) is 17.9 Å². The van der Waals surface area contributed by atoms with Crippen molar-refractivity contribution in [3.63, 3.8) is 0 Å². The van der Waals surface area contributed by atoms with E-state index in [4.69, 9.17) is 4.74 Å². The lowest BCUT2D eigenvalue weighted by Gasteiger charge is -2.26. The number of ether oxygens (including phenoxy) is 1. The second-order valence-corrected chi connectivity index (χ2v) is 3.67. The number of carboxylic acid groups (broad SMARTS) is 1. The quantitative estimate of drug-likeness (QED) is 0.544. The van der Waals surface area contributed by atoms with Gasteiger partial charge in [-0.25, -0.2) is 0 Å². The maximum Gasteiger partial charge on any atom is 0.107 e. The minimum absolute atomic E-state index is 0.00947. The number of nitrogens with one attached hydrogen (secondary N) is 1. The molecule has 0 aromatic heterocycles. The molecule has 1 unspecified atom stereocenters. The van der Waals surface area contributed by atoms with Crippen molar-refractivity contribution in [2.24, 2.45) is 0 Å². The Kier molecular flexibility index (Phi) is 4.18. The van der Waals surface area contributed by atoms with Crippen molar-refractivity contribution in [1.29, 1.82) is 0 Å². The highest BCUT2D eigenvalue weighted by Gasteiger charge is 2.20. The van der Waals surface area contributed by atoms with Crippen LogP contribution in [0.15, 0.2) is 0 Å². The predicted octanol–water partition coefficient (Wildman–Crippen LogP) is -2.18. The van der Waals surface area contributed by atoms with Gasteiger partial charge in [-0.2, -0.15) is 0 Å². The van der Waals surface area contributed by atoms with Gasteiger partial charge in [0.05, 0.1) is 20.2 Å². The number of hydrogen-bond donors (Lipinski definition) is 1.